The van der Waals surface area contributed by atoms with Crippen molar-refractivity contribution in [1.29, 1.82) is 0 Å². The fourth-order valence-electron chi connectivity index (χ4n) is 3.89. The van der Waals surface area contributed by atoms with Crippen LogP contribution in [0.3, 0.4) is 0 Å². The standard InChI is InChI=1S/C27H25N3O4S/c1-18-7-5-11-24(19(18)2)30(17-26(31)29-22-15-13-21(14-16-22)27(28)32)35(33,34)25-12-6-9-20-8-3-4-10-23(20)25/h3-16H,17H2,1-2H3,(H2,28,32)(H,29,31). The van der Waals surface area contributed by atoms with Crippen molar-refractivity contribution < 1.29 is 18.0 Å². The summed E-state index contributed by atoms with van der Waals surface area (Å²) in [4.78, 5) is 24.5. The van der Waals surface area contributed by atoms with Gasteiger partial charge in [-0.3, -0.25) is 13.9 Å². The highest BCUT2D eigenvalue weighted by atomic mass is 32.2. The first kappa shape index (κ1) is 24.0. The molecule has 4 rings (SSSR count). The number of carbonyl (C=O) groups is 2. The van der Waals surface area contributed by atoms with Gasteiger partial charge in [0.1, 0.15) is 6.54 Å². The normalized spacial score (nSPS) is 11.3. The summed E-state index contributed by atoms with van der Waals surface area (Å²) in [7, 11) is -4.11. The molecule has 4 aromatic rings. The van der Waals surface area contributed by atoms with E-state index in [9.17, 15) is 18.0 Å². The number of sulfonamides is 1. The molecule has 0 unspecified atom stereocenters. The monoisotopic (exact) mass is 487 g/mol. The SMILES string of the molecule is Cc1cccc(N(CC(=O)Nc2ccc(C(N)=O)cc2)S(=O)(=O)c2cccc3ccccc23)c1C. The van der Waals surface area contributed by atoms with E-state index in [1.165, 1.54) is 12.1 Å². The van der Waals surface area contributed by atoms with Gasteiger partial charge in [0.25, 0.3) is 10.0 Å². The maximum Gasteiger partial charge on any atom is 0.265 e. The van der Waals surface area contributed by atoms with Gasteiger partial charge in [-0.25, -0.2) is 8.42 Å². The number of hydrogen-bond donors (Lipinski definition) is 2. The maximum absolute atomic E-state index is 14.0. The number of nitrogens with one attached hydrogen (secondary N) is 1. The molecule has 0 aromatic heterocycles. The van der Waals surface area contributed by atoms with Crippen LogP contribution in [0.15, 0.2) is 89.8 Å². The van der Waals surface area contributed by atoms with E-state index < -0.39 is 28.4 Å². The van der Waals surface area contributed by atoms with Crippen molar-refractivity contribution in [3.8, 4) is 0 Å². The smallest absolute Gasteiger partial charge is 0.265 e. The summed E-state index contributed by atoms with van der Waals surface area (Å²) in [6, 6.07) is 23.7. The highest BCUT2D eigenvalue weighted by molar-refractivity contribution is 7.93. The Bertz CT molecular complexity index is 1520. The van der Waals surface area contributed by atoms with E-state index in [0.717, 1.165) is 20.8 Å². The quantitative estimate of drug-likeness (QED) is 0.403. The Morgan fingerprint density at radius 2 is 1.51 bits per heavy atom. The largest absolute Gasteiger partial charge is 0.366 e. The van der Waals surface area contributed by atoms with Gasteiger partial charge in [-0.15, -0.1) is 0 Å². The molecule has 0 radical (unpaired) electrons. The van der Waals surface area contributed by atoms with Gasteiger partial charge in [0, 0.05) is 16.6 Å². The van der Waals surface area contributed by atoms with Crippen LogP contribution in [0.25, 0.3) is 10.8 Å². The van der Waals surface area contributed by atoms with Crippen LogP contribution >= 0.6 is 0 Å². The lowest BCUT2D eigenvalue weighted by Gasteiger charge is -2.27. The minimum absolute atomic E-state index is 0.120. The summed E-state index contributed by atoms with van der Waals surface area (Å²) < 4.78 is 29.2. The zero-order valence-corrected chi connectivity index (χ0v) is 20.2. The van der Waals surface area contributed by atoms with Crippen LogP contribution in [0.1, 0.15) is 21.5 Å². The molecule has 0 aliphatic rings. The lowest BCUT2D eigenvalue weighted by Crippen LogP contribution is -2.38. The third-order valence-electron chi connectivity index (χ3n) is 5.90. The fourth-order valence-corrected chi connectivity index (χ4v) is 5.59. The van der Waals surface area contributed by atoms with Crippen molar-refractivity contribution in [3.05, 3.63) is 102 Å². The van der Waals surface area contributed by atoms with Crippen LogP contribution in [0, 0.1) is 13.8 Å². The molecular weight excluding hydrogens is 462 g/mol. The molecule has 0 heterocycles. The van der Waals surface area contributed by atoms with Crippen molar-refractivity contribution >= 4 is 44.0 Å². The number of nitrogens with zero attached hydrogens (tertiary/aromatic N) is 1. The molecule has 0 aliphatic carbocycles. The van der Waals surface area contributed by atoms with E-state index in [-0.39, 0.29) is 4.90 Å². The number of rotatable bonds is 7. The zero-order chi connectivity index (χ0) is 25.2. The van der Waals surface area contributed by atoms with Gasteiger partial charge in [-0.05, 0) is 66.8 Å². The molecule has 0 bridgehead atoms. The molecule has 0 saturated heterocycles. The average molecular weight is 488 g/mol. The first-order valence-electron chi connectivity index (χ1n) is 10.9. The molecule has 0 atom stereocenters. The van der Waals surface area contributed by atoms with Crippen LogP contribution in [0.2, 0.25) is 0 Å². The predicted octanol–water partition coefficient (Wildman–Crippen LogP) is 4.39. The Hall–Kier alpha value is -4.17. The van der Waals surface area contributed by atoms with Crippen LogP contribution < -0.4 is 15.4 Å². The van der Waals surface area contributed by atoms with Gasteiger partial charge in [-0.1, -0.05) is 48.5 Å². The van der Waals surface area contributed by atoms with Crippen molar-refractivity contribution in [2.24, 2.45) is 5.73 Å². The molecule has 4 aromatic carbocycles. The van der Waals surface area contributed by atoms with Crippen LogP contribution in [0.4, 0.5) is 11.4 Å². The van der Waals surface area contributed by atoms with Crippen molar-refractivity contribution in [1.82, 2.24) is 0 Å². The fraction of sp³-hybridized carbons (Fsp3) is 0.111. The molecule has 0 aliphatic heterocycles. The summed E-state index contributed by atoms with van der Waals surface area (Å²) in [6.45, 7) is 3.28. The van der Waals surface area contributed by atoms with E-state index in [1.807, 2.05) is 38.1 Å². The first-order chi connectivity index (χ1) is 16.7. The highest BCUT2D eigenvalue weighted by Gasteiger charge is 2.30. The number of carbonyl (C=O) groups excluding carboxylic acids is 2. The summed E-state index contributed by atoms with van der Waals surface area (Å²) in [6.07, 6.45) is 0. The van der Waals surface area contributed by atoms with Gasteiger partial charge in [-0.2, -0.15) is 0 Å². The molecule has 7 nitrogen and oxygen atoms in total. The number of fused-ring (bicyclic) bond motifs is 1. The second-order valence-electron chi connectivity index (χ2n) is 8.20. The summed E-state index contributed by atoms with van der Waals surface area (Å²) >= 11 is 0. The third-order valence-corrected chi connectivity index (χ3v) is 7.72. The summed E-state index contributed by atoms with van der Waals surface area (Å²) in [5, 5.41) is 4.07. The Morgan fingerprint density at radius 1 is 0.857 bits per heavy atom. The van der Waals surface area contributed by atoms with E-state index in [0.29, 0.717) is 22.3 Å². The lowest BCUT2D eigenvalue weighted by molar-refractivity contribution is -0.114. The Labute approximate surface area is 204 Å². The molecule has 3 N–H and O–H groups in total. The molecule has 2 amide bonds. The van der Waals surface area contributed by atoms with Gasteiger partial charge in [0.05, 0.1) is 10.6 Å². The second-order valence-corrected chi connectivity index (χ2v) is 10.0. The first-order valence-corrected chi connectivity index (χ1v) is 12.4. The summed E-state index contributed by atoms with van der Waals surface area (Å²) in [5.74, 6) is -1.10. The van der Waals surface area contributed by atoms with Crippen molar-refractivity contribution in [2.75, 3.05) is 16.2 Å². The average Bonchev–Trinajstić information content (AvgIpc) is 2.84. The summed E-state index contributed by atoms with van der Waals surface area (Å²) in [5.41, 5.74) is 8.08. The number of benzene rings is 4. The molecule has 0 spiro atoms. The number of nitrogens with two attached hydrogens (primary N) is 1. The topological polar surface area (TPSA) is 110 Å². The molecule has 0 fully saturated rings. The Balaban J connectivity index is 1.75. The molecule has 8 heteroatoms. The van der Waals surface area contributed by atoms with Gasteiger partial charge < -0.3 is 11.1 Å². The van der Waals surface area contributed by atoms with Crippen molar-refractivity contribution in [2.45, 2.75) is 18.7 Å². The lowest BCUT2D eigenvalue weighted by atomic mass is 10.1. The Kier molecular flexibility index (Phi) is 6.57. The third kappa shape index (κ3) is 4.88. The van der Waals surface area contributed by atoms with E-state index in [2.05, 4.69) is 5.32 Å². The highest BCUT2D eigenvalue weighted by Crippen LogP contribution is 2.32. The number of anilines is 2. The predicted molar refractivity (Wildman–Crippen MR) is 138 cm³/mol. The number of primary amides is 1. The number of amides is 2. The number of aryl methyl sites for hydroxylation is 1. The molecule has 35 heavy (non-hydrogen) atoms. The van der Waals surface area contributed by atoms with E-state index in [1.54, 1.807) is 48.5 Å². The van der Waals surface area contributed by atoms with Crippen molar-refractivity contribution in [3.63, 3.8) is 0 Å². The molecule has 178 valence electrons. The Morgan fingerprint density at radius 3 is 2.23 bits per heavy atom. The van der Waals surface area contributed by atoms with E-state index in [4.69, 9.17) is 5.73 Å². The maximum atomic E-state index is 14.0. The minimum atomic E-state index is -4.11. The van der Waals surface area contributed by atoms with Crippen LogP contribution in [-0.2, 0) is 14.8 Å². The minimum Gasteiger partial charge on any atom is -0.366 e. The molecule has 0 saturated carbocycles. The number of hydrogen-bond acceptors (Lipinski definition) is 4. The second kappa shape index (κ2) is 9.60. The zero-order valence-electron chi connectivity index (χ0n) is 19.4. The van der Waals surface area contributed by atoms with Crippen LogP contribution in [0.5, 0.6) is 0 Å². The van der Waals surface area contributed by atoms with Gasteiger partial charge >= 0.3 is 0 Å². The van der Waals surface area contributed by atoms with Gasteiger partial charge in [0.15, 0.2) is 0 Å². The van der Waals surface area contributed by atoms with Gasteiger partial charge in [0.2, 0.25) is 11.8 Å². The van der Waals surface area contributed by atoms with Crippen LogP contribution in [-0.4, -0.2) is 26.8 Å². The van der Waals surface area contributed by atoms with E-state index >= 15 is 0 Å². The molecular formula is C27H25N3O4S.